The monoisotopic (exact) mass is 266 g/mol. The summed E-state index contributed by atoms with van der Waals surface area (Å²) in [6.45, 7) is 5.54. The molecular formula is C14H22N2O3. The zero-order chi connectivity index (χ0) is 13.6. The minimum absolute atomic E-state index is 0.0273. The standard InChI is InChI=1S/C14H22N2O3/c1-9-10(5-6-19-9)7-16-8-12(17)15-14(2,13(16)18)11-3-4-11/h9-11H,3-8H2,1-2H3,(H,15,17). The molecule has 2 amide bonds. The fraction of sp³-hybridized carbons (Fsp3) is 0.857. The number of nitrogens with one attached hydrogen (secondary N) is 1. The normalized spacial score (nSPS) is 39.6. The highest BCUT2D eigenvalue weighted by Crippen LogP contribution is 2.41. The fourth-order valence-electron chi connectivity index (χ4n) is 3.34. The van der Waals surface area contributed by atoms with Crippen LogP contribution in [-0.4, -0.2) is 48.1 Å². The van der Waals surface area contributed by atoms with Gasteiger partial charge in [0.2, 0.25) is 11.8 Å². The van der Waals surface area contributed by atoms with Crippen molar-refractivity contribution >= 4 is 11.8 Å². The van der Waals surface area contributed by atoms with Crippen LogP contribution in [0.4, 0.5) is 0 Å². The van der Waals surface area contributed by atoms with Gasteiger partial charge in [-0.25, -0.2) is 0 Å². The molecule has 2 heterocycles. The molecule has 106 valence electrons. The Bertz CT molecular complexity index is 407. The number of nitrogens with zero attached hydrogens (tertiary/aromatic N) is 1. The molecule has 2 aliphatic heterocycles. The summed E-state index contributed by atoms with van der Waals surface area (Å²) in [4.78, 5) is 26.3. The van der Waals surface area contributed by atoms with E-state index in [0.29, 0.717) is 18.4 Å². The average molecular weight is 266 g/mol. The molecule has 19 heavy (non-hydrogen) atoms. The van der Waals surface area contributed by atoms with E-state index in [-0.39, 0.29) is 24.5 Å². The van der Waals surface area contributed by atoms with Gasteiger partial charge in [-0.2, -0.15) is 0 Å². The Morgan fingerprint density at radius 1 is 1.37 bits per heavy atom. The van der Waals surface area contributed by atoms with E-state index in [4.69, 9.17) is 4.74 Å². The number of piperazine rings is 1. The van der Waals surface area contributed by atoms with Crippen LogP contribution in [0.25, 0.3) is 0 Å². The van der Waals surface area contributed by atoms with Crippen LogP contribution in [0.15, 0.2) is 0 Å². The lowest BCUT2D eigenvalue weighted by Crippen LogP contribution is -2.67. The summed E-state index contributed by atoms with van der Waals surface area (Å²) < 4.78 is 5.54. The van der Waals surface area contributed by atoms with E-state index in [9.17, 15) is 9.59 Å². The minimum atomic E-state index is -0.669. The minimum Gasteiger partial charge on any atom is -0.378 e. The van der Waals surface area contributed by atoms with Gasteiger partial charge in [0.25, 0.3) is 0 Å². The van der Waals surface area contributed by atoms with Crippen LogP contribution in [0, 0.1) is 11.8 Å². The quantitative estimate of drug-likeness (QED) is 0.811. The van der Waals surface area contributed by atoms with Crippen LogP contribution in [0.2, 0.25) is 0 Å². The molecule has 3 rings (SSSR count). The second-order valence-corrected chi connectivity index (χ2v) is 6.34. The summed E-state index contributed by atoms with van der Waals surface area (Å²) in [5.74, 6) is 0.747. The van der Waals surface area contributed by atoms with E-state index in [1.165, 1.54) is 0 Å². The van der Waals surface area contributed by atoms with Crippen molar-refractivity contribution < 1.29 is 14.3 Å². The number of hydrogen-bond donors (Lipinski definition) is 1. The molecule has 0 radical (unpaired) electrons. The Balaban J connectivity index is 1.73. The van der Waals surface area contributed by atoms with Gasteiger partial charge in [0.15, 0.2) is 0 Å². The molecule has 1 aliphatic carbocycles. The van der Waals surface area contributed by atoms with Crippen molar-refractivity contribution in [1.29, 1.82) is 0 Å². The van der Waals surface area contributed by atoms with Gasteiger partial charge in [0.1, 0.15) is 5.54 Å². The summed E-state index contributed by atoms with van der Waals surface area (Å²) in [7, 11) is 0. The molecule has 5 nitrogen and oxygen atoms in total. The van der Waals surface area contributed by atoms with E-state index in [1.54, 1.807) is 4.90 Å². The number of carbonyl (C=O) groups excluding carboxylic acids is 2. The van der Waals surface area contributed by atoms with Crippen LogP contribution in [0.3, 0.4) is 0 Å². The summed E-state index contributed by atoms with van der Waals surface area (Å²) in [6.07, 6.45) is 3.25. The molecule has 1 N–H and O–H groups in total. The summed E-state index contributed by atoms with van der Waals surface area (Å²) in [5.41, 5.74) is -0.669. The van der Waals surface area contributed by atoms with Crippen molar-refractivity contribution in [3.05, 3.63) is 0 Å². The Kier molecular flexibility index (Phi) is 3.04. The predicted molar refractivity (Wildman–Crippen MR) is 69.4 cm³/mol. The first-order valence-electron chi connectivity index (χ1n) is 7.22. The van der Waals surface area contributed by atoms with Gasteiger partial charge >= 0.3 is 0 Å². The van der Waals surface area contributed by atoms with Gasteiger partial charge in [-0.3, -0.25) is 9.59 Å². The third-order valence-corrected chi connectivity index (χ3v) is 4.85. The van der Waals surface area contributed by atoms with E-state index < -0.39 is 5.54 Å². The van der Waals surface area contributed by atoms with Gasteiger partial charge in [-0.1, -0.05) is 0 Å². The first-order chi connectivity index (χ1) is 9.00. The summed E-state index contributed by atoms with van der Waals surface area (Å²) in [6, 6.07) is 0. The largest absolute Gasteiger partial charge is 0.378 e. The van der Waals surface area contributed by atoms with Crippen LogP contribution in [0.1, 0.15) is 33.1 Å². The first kappa shape index (κ1) is 12.9. The highest BCUT2D eigenvalue weighted by Gasteiger charge is 2.52. The number of ether oxygens (including phenoxy) is 1. The maximum Gasteiger partial charge on any atom is 0.248 e. The van der Waals surface area contributed by atoms with Gasteiger partial charge in [0, 0.05) is 19.1 Å². The van der Waals surface area contributed by atoms with Crippen molar-refractivity contribution in [3.8, 4) is 0 Å². The first-order valence-corrected chi connectivity index (χ1v) is 7.22. The van der Waals surface area contributed by atoms with Gasteiger partial charge in [-0.05, 0) is 39.0 Å². The molecule has 2 saturated heterocycles. The van der Waals surface area contributed by atoms with Crippen LogP contribution in [-0.2, 0) is 14.3 Å². The zero-order valence-electron chi connectivity index (χ0n) is 11.6. The number of hydrogen-bond acceptors (Lipinski definition) is 3. The molecule has 3 aliphatic rings. The maximum absolute atomic E-state index is 12.6. The smallest absolute Gasteiger partial charge is 0.248 e. The molecule has 0 aromatic rings. The lowest BCUT2D eigenvalue weighted by molar-refractivity contribution is -0.151. The fourth-order valence-corrected chi connectivity index (χ4v) is 3.34. The molecule has 3 fully saturated rings. The summed E-state index contributed by atoms with van der Waals surface area (Å²) in [5, 5.41) is 2.91. The average Bonchev–Trinajstić information content (AvgIpc) is 3.13. The molecular weight excluding hydrogens is 244 g/mol. The highest BCUT2D eigenvalue weighted by atomic mass is 16.5. The molecule has 3 atom stereocenters. The highest BCUT2D eigenvalue weighted by molar-refractivity contribution is 5.98. The second kappa shape index (κ2) is 4.47. The van der Waals surface area contributed by atoms with Crippen molar-refractivity contribution in [2.24, 2.45) is 11.8 Å². The van der Waals surface area contributed by atoms with Crippen molar-refractivity contribution in [2.45, 2.75) is 44.8 Å². The molecule has 0 spiro atoms. The third kappa shape index (κ3) is 2.24. The molecule has 1 saturated carbocycles. The molecule has 5 heteroatoms. The Labute approximate surface area is 113 Å². The van der Waals surface area contributed by atoms with Gasteiger partial charge in [-0.15, -0.1) is 0 Å². The molecule has 0 bridgehead atoms. The van der Waals surface area contributed by atoms with E-state index in [2.05, 4.69) is 5.32 Å². The molecule has 3 unspecified atom stereocenters. The van der Waals surface area contributed by atoms with E-state index in [0.717, 1.165) is 25.9 Å². The Morgan fingerprint density at radius 3 is 2.68 bits per heavy atom. The van der Waals surface area contributed by atoms with Gasteiger partial charge in [0.05, 0.1) is 12.6 Å². The molecule has 0 aromatic carbocycles. The van der Waals surface area contributed by atoms with Gasteiger partial charge < -0.3 is 15.0 Å². The second-order valence-electron chi connectivity index (χ2n) is 6.34. The van der Waals surface area contributed by atoms with E-state index in [1.807, 2.05) is 13.8 Å². The zero-order valence-corrected chi connectivity index (χ0v) is 11.6. The number of carbonyl (C=O) groups is 2. The maximum atomic E-state index is 12.6. The van der Waals surface area contributed by atoms with Crippen LogP contribution in [0.5, 0.6) is 0 Å². The van der Waals surface area contributed by atoms with Crippen molar-refractivity contribution in [1.82, 2.24) is 10.2 Å². The predicted octanol–water partition coefficient (Wildman–Crippen LogP) is 0.538. The van der Waals surface area contributed by atoms with Crippen LogP contribution >= 0.6 is 0 Å². The number of amides is 2. The topological polar surface area (TPSA) is 58.6 Å². The lowest BCUT2D eigenvalue weighted by Gasteiger charge is -2.41. The Morgan fingerprint density at radius 2 is 2.11 bits per heavy atom. The Hall–Kier alpha value is -1.10. The van der Waals surface area contributed by atoms with E-state index >= 15 is 0 Å². The summed E-state index contributed by atoms with van der Waals surface area (Å²) >= 11 is 0. The lowest BCUT2D eigenvalue weighted by atomic mass is 9.90. The van der Waals surface area contributed by atoms with Crippen molar-refractivity contribution in [2.75, 3.05) is 19.7 Å². The third-order valence-electron chi connectivity index (χ3n) is 4.85. The van der Waals surface area contributed by atoms with Crippen LogP contribution < -0.4 is 5.32 Å². The van der Waals surface area contributed by atoms with Crippen molar-refractivity contribution in [3.63, 3.8) is 0 Å². The molecule has 0 aromatic heterocycles. The SMILES string of the molecule is CC1OCCC1CN1CC(=O)NC(C)(C2CC2)C1=O. The number of rotatable bonds is 3.